The van der Waals surface area contributed by atoms with Crippen LogP contribution in [-0.2, 0) is 17.8 Å². The van der Waals surface area contributed by atoms with Crippen molar-refractivity contribution >= 4 is 5.97 Å². The lowest BCUT2D eigenvalue weighted by Crippen LogP contribution is -2.50. The maximum atomic E-state index is 11.4. The lowest BCUT2D eigenvalue weighted by molar-refractivity contribution is -0.144. The molecule has 0 aliphatic heterocycles. The number of aromatic nitrogens is 2. The molecule has 0 fully saturated rings. The van der Waals surface area contributed by atoms with Crippen molar-refractivity contribution in [3.63, 3.8) is 0 Å². The molecule has 1 atom stereocenters. The molecular weight excluding hydrogens is 230 g/mol. The highest BCUT2D eigenvalue weighted by Crippen LogP contribution is 2.13. The van der Waals surface area contributed by atoms with Gasteiger partial charge in [0, 0.05) is 25.4 Å². The van der Waals surface area contributed by atoms with Crippen molar-refractivity contribution in [1.29, 1.82) is 0 Å². The minimum absolute atomic E-state index is 0.547. The van der Waals surface area contributed by atoms with Crippen molar-refractivity contribution in [2.24, 2.45) is 0 Å². The number of aliphatic carboxylic acids is 1. The Kier molecular flexibility index (Phi) is 5.34. The van der Waals surface area contributed by atoms with Gasteiger partial charge in [-0.1, -0.05) is 13.8 Å². The predicted octanol–water partition coefficient (Wildman–Crippen LogP) is 1.68. The van der Waals surface area contributed by atoms with Crippen LogP contribution in [0.2, 0.25) is 0 Å². The van der Waals surface area contributed by atoms with Gasteiger partial charge in [-0.3, -0.25) is 4.79 Å². The minimum Gasteiger partial charge on any atom is -0.480 e. The van der Waals surface area contributed by atoms with Crippen LogP contribution in [0.25, 0.3) is 0 Å². The van der Waals surface area contributed by atoms with E-state index in [4.69, 9.17) is 0 Å². The van der Waals surface area contributed by atoms with Crippen LogP contribution in [-0.4, -0.2) is 32.7 Å². The molecule has 2 N–H and O–H groups in total. The van der Waals surface area contributed by atoms with Gasteiger partial charge in [0.05, 0.1) is 0 Å². The highest BCUT2D eigenvalue weighted by atomic mass is 16.4. The third-order valence-corrected chi connectivity index (χ3v) is 3.21. The highest BCUT2D eigenvalue weighted by molar-refractivity contribution is 5.78. The molecule has 0 spiro atoms. The average Bonchev–Trinajstić information content (AvgIpc) is 2.81. The molecule has 0 aliphatic rings. The van der Waals surface area contributed by atoms with Crippen molar-refractivity contribution in [1.82, 2.24) is 14.9 Å². The van der Waals surface area contributed by atoms with Gasteiger partial charge in [0.1, 0.15) is 11.4 Å². The Bertz CT molecular complexity index is 389. The smallest absolute Gasteiger partial charge is 0.323 e. The zero-order valence-corrected chi connectivity index (χ0v) is 11.4. The summed E-state index contributed by atoms with van der Waals surface area (Å²) in [5.41, 5.74) is -0.870. The highest BCUT2D eigenvalue weighted by Gasteiger charge is 2.31. The van der Waals surface area contributed by atoms with Gasteiger partial charge in [0.2, 0.25) is 0 Å². The molecule has 0 bridgehead atoms. The molecule has 0 saturated heterocycles. The van der Waals surface area contributed by atoms with Crippen LogP contribution in [0.15, 0.2) is 12.4 Å². The zero-order valence-electron chi connectivity index (χ0n) is 11.4. The van der Waals surface area contributed by atoms with Gasteiger partial charge < -0.3 is 15.0 Å². The molecule has 5 nitrogen and oxygen atoms in total. The Balaban J connectivity index is 2.65. The molecule has 18 heavy (non-hydrogen) atoms. The normalized spacial score (nSPS) is 14.4. The zero-order chi connectivity index (χ0) is 13.6. The second-order valence-electron chi connectivity index (χ2n) is 4.70. The van der Waals surface area contributed by atoms with Gasteiger partial charge in [-0.15, -0.1) is 0 Å². The molecule has 0 aromatic carbocycles. The maximum Gasteiger partial charge on any atom is 0.323 e. The van der Waals surface area contributed by atoms with Crippen molar-refractivity contribution in [3.05, 3.63) is 18.2 Å². The number of aryl methyl sites for hydroxylation is 2. The minimum atomic E-state index is -0.870. The fourth-order valence-corrected chi connectivity index (χ4v) is 1.87. The largest absolute Gasteiger partial charge is 0.480 e. The summed E-state index contributed by atoms with van der Waals surface area (Å²) < 4.78 is 2.02. The summed E-state index contributed by atoms with van der Waals surface area (Å²) in [5, 5.41) is 12.4. The third-order valence-electron chi connectivity index (χ3n) is 3.21. The van der Waals surface area contributed by atoms with E-state index in [2.05, 4.69) is 10.3 Å². The third kappa shape index (κ3) is 3.57. The van der Waals surface area contributed by atoms with Crippen molar-refractivity contribution in [2.45, 2.75) is 52.1 Å². The fourth-order valence-electron chi connectivity index (χ4n) is 1.87. The van der Waals surface area contributed by atoms with E-state index in [-0.39, 0.29) is 0 Å². The Morgan fingerprint density at radius 3 is 2.83 bits per heavy atom. The number of carbonyl (C=O) groups is 1. The monoisotopic (exact) mass is 253 g/mol. The first-order valence-electron chi connectivity index (χ1n) is 6.52. The first-order chi connectivity index (χ1) is 8.53. The summed E-state index contributed by atoms with van der Waals surface area (Å²) >= 11 is 0. The van der Waals surface area contributed by atoms with Crippen molar-refractivity contribution in [2.75, 3.05) is 6.54 Å². The van der Waals surface area contributed by atoms with Crippen LogP contribution in [0, 0.1) is 0 Å². The molecule has 1 heterocycles. The summed E-state index contributed by atoms with van der Waals surface area (Å²) in [6.07, 6.45) is 6.00. The second-order valence-corrected chi connectivity index (χ2v) is 4.70. The lowest BCUT2D eigenvalue weighted by Gasteiger charge is -2.26. The molecule has 1 aromatic rings. The number of carboxylic acids is 1. The molecule has 0 aliphatic carbocycles. The van der Waals surface area contributed by atoms with E-state index in [0.717, 1.165) is 18.7 Å². The van der Waals surface area contributed by atoms with E-state index in [9.17, 15) is 9.90 Å². The SMILES string of the molecule is CCCNC(C)(CCn1ccnc1CC)C(=O)O. The molecule has 0 radical (unpaired) electrons. The van der Waals surface area contributed by atoms with Crippen LogP contribution in [0.1, 0.15) is 39.4 Å². The van der Waals surface area contributed by atoms with E-state index < -0.39 is 11.5 Å². The predicted molar refractivity (Wildman–Crippen MR) is 70.6 cm³/mol. The van der Waals surface area contributed by atoms with E-state index in [1.54, 1.807) is 13.1 Å². The molecular formula is C13H23N3O2. The fraction of sp³-hybridized carbons (Fsp3) is 0.692. The van der Waals surface area contributed by atoms with E-state index >= 15 is 0 Å². The topological polar surface area (TPSA) is 67.2 Å². The van der Waals surface area contributed by atoms with Crippen LogP contribution in [0.5, 0.6) is 0 Å². The van der Waals surface area contributed by atoms with E-state index in [0.29, 0.717) is 19.5 Å². The van der Waals surface area contributed by atoms with Gasteiger partial charge in [-0.05, 0) is 26.3 Å². The number of imidazole rings is 1. The van der Waals surface area contributed by atoms with Crippen LogP contribution >= 0.6 is 0 Å². The van der Waals surface area contributed by atoms with Crippen molar-refractivity contribution in [3.8, 4) is 0 Å². The Labute approximate surface area is 108 Å². The summed E-state index contributed by atoms with van der Waals surface area (Å²) in [4.78, 5) is 15.6. The number of nitrogens with one attached hydrogen (secondary N) is 1. The molecule has 1 unspecified atom stereocenters. The van der Waals surface area contributed by atoms with E-state index in [1.165, 1.54) is 0 Å². The second kappa shape index (κ2) is 6.54. The lowest BCUT2D eigenvalue weighted by atomic mass is 9.97. The average molecular weight is 253 g/mol. The number of rotatable bonds is 8. The van der Waals surface area contributed by atoms with Gasteiger partial charge in [0.15, 0.2) is 0 Å². The standard InChI is InChI=1S/C13H23N3O2/c1-4-7-15-13(3,12(17)18)6-9-16-10-8-14-11(16)5-2/h8,10,15H,4-7,9H2,1-3H3,(H,17,18). The number of hydrogen-bond acceptors (Lipinski definition) is 3. The molecule has 1 aromatic heterocycles. The Hall–Kier alpha value is -1.36. The first kappa shape index (κ1) is 14.7. The van der Waals surface area contributed by atoms with Gasteiger partial charge in [-0.2, -0.15) is 0 Å². The van der Waals surface area contributed by atoms with Crippen LogP contribution in [0.3, 0.4) is 0 Å². The first-order valence-corrected chi connectivity index (χ1v) is 6.52. The van der Waals surface area contributed by atoms with Gasteiger partial charge in [-0.25, -0.2) is 4.98 Å². The summed E-state index contributed by atoms with van der Waals surface area (Å²) in [7, 11) is 0. The number of hydrogen-bond donors (Lipinski definition) is 2. The van der Waals surface area contributed by atoms with Crippen LogP contribution < -0.4 is 5.32 Å². The van der Waals surface area contributed by atoms with Crippen LogP contribution in [0.4, 0.5) is 0 Å². The molecule has 0 amide bonds. The Morgan fingerprint density at radius 2 is 2.28 bits per heavy atom. The molecule has 1 rings (SSSR count). The molecule has 102 valence electrons. The Morgan fingerprint density at radius 1 is 1.56 bits per heavy atom. The van der Waals surface area contributed by atoms with Crippen molar-refractivity contribution < 1.29 is 9.90 Å². The summed E-state index contributed by atoms with van der Waals surface area (Å²) in [5.74, 6) is 0.201. The maximum absolute atomic E-state index is 11.4. The quantitative estimate of drug-likeness (QED) is 0.739. The number of carboxylic acid groups (broad SMARTS) is 1. The van der Waals surface area contributed by atoms with Gasteiger partial charge in [0.25, 0.3) is 0 Å². The summed E-state index contributed by atoms with van der Waals surface area (Å²) in [6, 6.07) is 0. The molecule has 5 heteroatoms. The van der Waals surface area contributed by atoms with E-state index in [1.807, 2.05) is 24.6 Å². The molecule has 0 saturated carbocycles. The van der Waals surface area contributed by atoms with Gasteiger partial charge >= 0.3 is 5.97 Å². The number of nitrogens with zero attached hydrogens (tertiary/aromatic N) is 2. The summed E-state index contributed by atoms with van der Waals surface area (Å²) in [6.45, 7) is 7.20.